The Hall–Kier alpha value is -1.32. The fourth-order valence-electron chi connectivity index (χ4n) is 1.79. The van der Waals surface area contributed by atoms with Gasteiger partial charge in [0, 0.05) is 19.3 Å². The van der Waals surface area contributed by atoms with E-state index in [1.807, 2.05) is 13.1 Å². The van der Waals surface area contributed by atoms with Crippen molar-refractivity contribution in [1.29, 1.82) is 0 Å². The van der Waals surface area contributed by atoms with Crippen LogP contribution in [-0.2, 0) is 0 Å². The number of hydrogen-bond acceptors (Lipinski definition) is 4. The second-order valence-corrected chi connectivity index (χ2v) is 3.93. The fraction of sp³-hybridized carbons (Fsp3) is 0.600. The van der Waals surface area contributed by atoms with E-state index in [4.69, 9.17) is 0 Å². The summed E-state index contributed by atoms with van der Waals surface area (Å²) in [5.41, 5.74) is 0. The summed E-state index contributed by atoms with van der Waals surface area (Å²) in [6.07, 6.45) is 4.26. The molecular weight excluding hydrogens is 176 g/mol. The molecule has 4 nitrogen and oxygen atoms in total. The summed E-state index contributed by atoms with van der Waals surface area (Å²) < 4.78 is 0. The van der Waals surface area contributed by atoms with Crippen LogP contribution < -0.4 is 10.6 Å². The van der Waals surface area contributed by atoms with E-state index in [1.165, 1.54) is 12.8 Å². The predicted octanol–water partition coefficient (Wildman–Crippen LogP) is 1.73. The summed E-state index contributed by atoms with van der Waals surface area (Å²) in [6.45, 7) is 2.27. The Labute approximate surface area is 84.2 Å². The van der Waals surface area contributed by atoms with E-state index >= 15 is 0 Å². The number of anilines is 2. The first-order chi connectivity index (χ1) is 6.78. The largest absolute Gasteiger partial charge is 0.367 e. The van der Waals surface area contributed by atoms with Crippen LogP contribution in [0.5, 0.6) is 0 Å². The van der Waals surface area contributed by atoms with Gasteiger partial charge in [-0.3, -0.25) is 0 Å². The minimum atomic E-state index is 0.601. The van der Waals surface area contributed by atoms with Crippen LogP contribution in [0.15, 0.2) is 12.3 Å². The Morgan fingerprint density at radius 2 is 2.21 bits per heavy atom. The topological polar surface area (TPSA) is 49.8 Å². The first-order valence-corrected chi connectivity index (χ1v) is 5.05. The summed E-state index contributed by atoms with van der Waals surface area (Å²) in [5.74, 6) is 2.45. The monoisotopic (exact) mass is 192 g/mol. The van der Waals surface area contributed by atoms with E-state index in [0.717, 1.165) is 11.7 Å². The van der Waals surface area contributed by atoms with Crippen molar-refractivity contribution in [3.8, 4) is 0 Å². The highest BCUT2D eigenvalue weighted by Gasteiger charge is 2.25. The minimum Gasteiger partial charge on any atom is -0.367 e. The molecule has 1 aromatic heterocycles. The van der Waals surface area contributed by atoms with Crippen molar-refractivity contribution in [1.82, 2.24) is 9.97 Å². The molecule has 0 amide bonds. The molecule has 0 unspecified atom stereocenters. The highest BCUT2D eigenvalue weighted by Crippen LogP contribution is 2.28. The zero-order valence-corrected chi connectivity index (χ0v) is 8.62. The van der Waals surface area contributed by atoms with Gasteiger partial charge in [-0.2, -0.15) is 4.98 Å². The fourth-order valence-corrected chi connectivity index (χ4v) is 1.79. The Kier molecular flexibility index (Phi) is 2.52. The van der Waals surface area contributed by atoms with Crippen molar-refractivity contribution in [3.63, 3.8) is 0 Å². The summed E-state index contributed by atoms with van der Waals surface area (Å²) >= 11 is 0. The van der Waals surface area contributed by atoms with Gasteiger partial charge in [0.15, 0.2) is 0 Å². The zero-order valence-electron chi connectivity index (χ0n) is 8.62. The van der Waals surface area contributed by atoms with Crippen LogP contribution >= 0.6 is 0 Å². The lowest BCUT2D eigenvalue weighted by molar-refractivity contribution is 0.308. The highest BCUT2D eigenvalue weighted by molar-refractivity contribution is 5.40. The van der Waals surface area contributed by atoms with E-state index in [1.54, 1.807) is 6.20 Å². The average Bonchev–Trinajstić information content (AvgIpc) is 2.16. The van der Waals surface area contributed by atoms with E-state index < -0.39 is 0 Å². The van der Waals surface area contributed by atoms with Crippen LogP contribution in [0.2, 0.25) is 0 Å². The maximum atomic E-state index is 4.30. The number of hydrogen-bond donors (Lipinski definition) is 2. The molecule has 0 spiro atoms. The van der Waals surface area contributed by atoms with Crippen LogP contribution in [0.3, 0.4) is 0 Å². The third-order valence-corrected chi connectivity index (χ3v) is 2.60. The van der Waals surface area contributed by atoms with Crippen LogP contribution in [0, 0.1) is 5.92 Å². The van der Waals surface area contributed by atoms with Crippen LogP contribution in [0.25, 0.3) is 0 Å². The van der Waals surface area contributed by atoms with Gasteiger partial charge in [-0.05, 0) is 24.8 Å². The van der Waals surface area contributed by atoms with E-state index in [9.17, 15) is 0 Å². The van der Waals surface area contributed by atoms with Gasteiger partial charge in [0.1, 0.15) is 5.82 Å². The molecule has 2 N–H and O–H groups in total. The van der Waals surface area contributed by atoms with Crippen LogP contribution in [0.4, 0.5) is 11.8 Å². The van der Waals surface area contributed by atoms with Crippen molar-refractivity contribution >= 4 is 11.8 Å². The van der Waals surface area contributed by atoms with Crippen molar-refractivity contribution in [2.75, 3.05) is 17.7 Å². The lowest BCUT2D eigenvalue weighted by atomic mass is 9.82. The number of nitrogens with zero attached hydrogens (tertiary/aromatic N) is 2. The molecule has 0 atom stereocenters. The number of rotatable bonds is 3. The summed E-state index contributed by atoms with van der Waals surface area (Å²) in [5, 5.41) is 6.32. The molecule has 0 saturated heterocycles. The van der Waals surface area contributed by atoms with Crippen molar-refractivity contribution in [3.05, 3.63) is 12.3 Å². The summed E-state index contributed by atoms with van der Waals surface area (Å²) in [7, 11) is 1.82. The van der Waals surface area contributed by atoms with Gasteiger partial charge < -0.3 is 10.6 Å². The molecule has 14 heavy (non-hydrogen) atoms. The Morgan fingerprint density at radius 3 is 2.86 bits per heavy atom. The predicted molar refractivity (Wildman–Crippen MR) is 57.4 cm³/mol. The average molecular weight is 192 g/mol. The quantitative estimate of drug-likeness (QED) is 0.765. The standard InChI is InChI=1S/C10H16N4/c1-7-5-8(6-7)13-9-3-4-12-10(11-2)14-9/h3-4,7-8H,5-6H2,1-2H3,(H2,11,12,13,14). The van der Waals surface area contributed by atoms with Gasteiger partial charge in [0.25, 0.3) is 0 Å². The van der Waals surface area contributed by atoms with Gasteiger partial charge >= 0.3 is 0 Å². The second-order valence-electron chi connectivity index (χ2n) is 3.93. The van der Waals surface area contributed by atoms with Gasteiger partial charge in [-0.1, -0.05) is 6.92 Å². The third kappa shape index (κ3) is 1.95. The maximum Gasteiger partial charge on any atom is 0.224 e. The van der Waals surface area contributed by atoms with Gasteiger partial charge in [-0.15, -0.1) is 0 Å². The van der Waals surface area contributed by atoms with Crippen LogP contribution in [-0.4, -0.2) is 23.1 Å². The van der Waals surface area contributed by atoms with E-state index in [0.29, 0.717) is 12.0 Å². The smallest absolute Gasteiger partial charge is 0.224 e. The molecule has 4 heteroatoms. The molecule has 0 aromatic carbocycles. The Bertz CT molecular complexity index is 307. The van der Waals surface area contributed by atoms with E-state index in [-0.39, 0.29) is 0 Å². The molecule has 1 saturated carbocycles. The molecule has 0 radical (unpaired) electrons. The minimum absolute atomic E-state index is 0.601. The first kappa shape index (κ1) is 9.24. The highest BCUT2D eigenvalue weighted by atomic mass is 15.1. The molecule has 2 rings (SSSR count). The van der Waals surface area contributed by atoms with E-state index in [2.05, 4.69) is 27.5 Å². The first-order valence-electron chi connectivity index (χ1n) is 5.05. The SMILES string of the molecule is CNc1nccc(NC2CC(C)C2)n1. The molecule has 0 bridgehead atoms. The molecule has 1 aliphatic rings. The molecule has 1 fully saturated rings. The second kappa shape index (κ2) is 3.82. The molecule has 1 heterocycles. The lowest BCUT2D eigenvalue weighted by Crippen LogP contribution is -2.34. The van der Waals surface area contributed by atoms with Crippen molar-refractivity contribution in [2.45, 2.75) is 25.8 Å². The molecule has 76 valence electrons. The molecule has 1 aromatic rings. The summed E-state index contributed by atoms with van der Waals surface area (Å²) in [6, 6.07) is 2.51. The third-order valence-electron chi connectivity index (χ3n) is 2.60. The Balaban J connectivity index is 1.95. The lowest BCUT2D eigenvalue weighted by Gasteiger charge is -2.33. The van der Waals surface area contributed by atoms with Crippen molar-refractivity contribution < 1.29 is 0 Å². The Morgan fingerprint density at radius 1 is 1.43 bits per heavy atom. The summed E-state index contributed by atoms with van der Waals surface area (Å²) in [4.78, 5) is 8.37. The molecular formula is C10H16N4. The zero-order chi connectivity index (χ0) is 9.97. The number of nitrogens with one attached hydrogen (secondary N) is 2. The van der Waals surface area contributed by atoms with Crippen molar-refractivity contribution in [2.24, 2.45) is 5.92 Å². The normalized spacial score (nSPS) is 25.3. The molecule has 1 aliphatic carbocycles. The maximum absolute atomic E-state index is 4.30. The number of aromatic nitrogens is 2. The van der Waals surface area contributed by atoms with Gasteiger partial charge in [-0.25, -0.2) is 4.98 Å². The van der Waals surface area contributed by atoms with Gasteiger partial charge in [0.05, 0.1) is 0 Å². The van der Waals surface area contributed by atoms with Gasteiger partial charge in [0.2, 0.25) is 5.95 Å². The van der Waals surface area contributed by atoms with Crippen LogP contribution in [0.1, 0.15) is 19.8 Å². The molecule has 0 aliphatic heterocycles.